The largest absolute Gasteiger partial charge is 0.477 e. The Kier molecular flexibility index (Phi) is 5.10. The van der Waals surface area contributed by atoms with Crippen molar-refractivity contribution in [3.05, 3.63) is 24.5 Å². The summed E-state index contributed by atoms with van der Waals surface area (Å²) in [5.41, 5.74) is 0. The highest BCUT2D eigenvalue weighted by molar-refractivity contribution is 5.79. The van der Waals surface area contributed by atoms with Crippen LogP contribution in [-0.4, -0.2) is 47.1 Å². The first-order valence-electron chi connectivity index (χ1n) is 8.23. The van der Waals surface area contributed by atoms with E-state index >= 15 is 0 Å². The number of rotatable bonds is 4. The molecule has 2 atom stereocenters. The predicted octanol–water partition coefficient (Wildman–Crippen LogP) is 2.21. The molecule has 1 amide bonds. The molecule has 6 heteroatoms. The summed E-state index contributed by atoms with van der Waals surface area (Å²) in [6.07, 6.45) is 12.0. The molecular weight excluding hydrogens is 294 g/mol. The molecule has 0 radical (unpaired) electrons. The van der Waals surface area contributed by atoms with Crippen LogP contribution in [0.5, 0.6) is 11.8 Å². The second-order valence-corrected chi connectivity index (χ2v) is 6.02. The topological polar surface area (TPSA) is 64.6 Å². The molecule has 1 fully saturated rings. The van der Waals surface area contributed by atoms with Gasteiger partial charge in [0.2, 0.25) is 5.91 Å². The van der Waals surface area contributed by atoms with Crippen LogP contribution < -0.4 is 9.47 Å². The minimum absolute atomic E-state index is 0.0579. The van der Waals surface area contributed by atoms with E-state index in [4.69, 9.17) is 9.47 Å². The van der Waals surface area contributed by atoms with E-state index in [9.17, 15) is 4.79 Å². The van der Waals surface area contributed by atoms with Gasteiger partial charge in [0, 0.05) is 24.9 Å². The van der Waals surface area contributed by atoms with E-state index in [1.807, 2.05) is 4.90 Å². The SMILES string of the molecule is COc1nccnc1O[C@@H]1CCCN(C(=O)[C@@H]2CC=CCC2)C1. The molecule has 1 aliphatic heterocycles. The molecule has 2 aliphatic rings. The fraction of sp³-hybridized carbons (Fsp3) is 0.588. The highest BCUT2D eigenvalue weighted by Gasteiger charge is 2.30. The summed E-state index contributed by atoms with van der Waals surface area (Å²) in [4.78, 5) is 22.9. The predicted molar refractivity (Wildman–Crippen MR) is 85.3 cm³/mol. The first-order valence-corrected chi connectivity index (χ1v) is 8.23. The molecule has 0 unspecified atom stereocenters. The van der Waals surface area contributed by atoms with E-state index in [-0.39, 0.29) is 17.9 Å². The third-order valence-corrected chi connectivity index (χ3v) is 4.41. The first kappa shape index (κ1) is 15.8. The van der Waals surface area contributed by atoms with Crippen LogP contribution in [0.4, 0.5) is 0 Å². The van der Waals surface area contributed by atoms with E-state index in [1.165, 1.54) is 0 Å². The third kappa shape index (κ3) is 3.81. The van der Waals surface area contributed by atoms with E-state index in [1.54, 1.807) is 19.5 Å². The highest BCUT2D eigenvalue weighted by atomic mass is 16.5. The van der Waals surface area contributed by atoms with Gasteiger partial charge in [0.15, 0.2) is 0 Å². The first-order chi connectivity index (χ1) is 11.3. The Bertz CT molecular complexity index is 576. The lowest BCUT2D eigenvalue weighted by Gasteiger charge is -2.35. The lowest BCUT2D eigenvalue weighted by molar-refractivity contribution is -0.138. The number of piperidine rings is 1. The Hall–Kier alpha value is -2.11. The summed E-state index contributed by atoms with van der Waals surface area (Å²) in [5, 5.41) is 0. The highest BCUT2D eigenvalue weighted by Crippen LogP contribution is 2.26. The second-order valence-electron chi connectivity index (χ2n) is 6.02. The van der Waals surface area contributed by atoms with E-state index in [0.29, 0.717) is 18.3 Å². The Morgan fingerprint density at radius 2 is 2.04 bits per heavy atom. The van der Waals surface area contributed by atoms with Gasteiger partial charge in [0.25, 0.3) is 11.8 Å². The lowest BCUT2D eigenvalue weighted by Crippen LogP contribution is -2.46. The molecule has 0 aromatic carbocycles. The van der Waals surface area contributed by atoms with E-state index < -0.39 is 0 Å². The van der Waals surface area contributed by atoms with Gasteiger partial charge in [-0.2, -0.15) is 0 Å². The van der Waals surface area contributed by atoms with Crippen LogP contribution in [0.2, 0.25) is 0 Å². The molecule has 2 heterocycles. The van der Waals surface area contributed by atoms with Crippen molar-refractivity contribution in [2.24, 2.45) is 5.92 Å². The standard InChI is InChI=1S/C17H23N3O3/c1-22-15-16(19-10-9-18-15)23-14-8-5-11-20(12-14)17(21)13-6-3-2-4-7-13/h2-3,9-10,13-14H,4-8,11-12H2,1H3/t13-,14-/m1/s1. The van der Waals surface area contributed by atoms with Crippen molar-refractivity contribution in [3.63, 3.8) is 0 Å². The number of amides is 1. The molecular formula is C17H23N3O3. The zero-order valence-corrected chi connectivity index (χ0v) is 13.5. The molecule has 0 N–H and O–H groups in total. The van der Waals surface area contributed by atoms with Crippen molar-refractivity contribution >= 4 is 5.91 Å². The Labute approximate surface area is 136 Å². The number of nitrogens with zero attached hydrogens (tertiary/aromatic N) is 3. The number of aromatic nitrogens is 2. The number of allylic oxidation sites excluding steroid dienone is 2. The summed E-state index contributed by atoms with van der Waals surface area (Å²) in [6, 6.07) is 0. The molecule has 1 aromatic heterocycles. The van der Waals surface area contributed by atoms with Crippen LogP contribution in [0.3, 0.4) is 0 Å². The fourth-order valence-corrected chi connectivity index (χ4v) is 3.20. The lowest BCUT2D eigenvalue weighted by atomic mass is 9.92. The minimum Gasteiger partial charge on any atom is -0.477 e. The molecule has 6 nitrogen and oxygen atoms in total. The molecule has 124 valence electrons. The zero-order valence-electron chi connectivity index (χ0n) is 13.5. The van der Waals surface area contributed by atoms with Crippen LogP contribution in [-0.2, 0) is 4.79 Å². The number of carbonyl (C=O) groups excluding carboxylic acids is 1. The maximum Gasteiger partial charge on any atom is 0.278 e. The van der Waals surface area contributed by atoms with Crippen LogP contribution in [0, 0.1) is 5.92 Å². The van der Waals surface area contributed by atoms with E-state index in [2.05, 4.69) is 22.1 Å². The monoisotopic (exact) mass is 317 g/mol. The normalized spacial score (nSPS) is 24.3. The number of hydrogen-bond acceptors (Lipinski definition) is 5. The van der Waals surface area contributed by atoms with Gasteiger partial charge < -0.3 is 14.4 Å². The molecule has 1 saturated heterocycles. The fourth-order valence-electron chi connectivity index (χ4n) is 3.20. The van der Waals surface area contributed by atoms with Gasteiger partial charge in [0.05, 0.1) is 13.7 Å². The van der Waals surface area contributed by atoms with Crippen molar-refractivity contribution in [3.8, 4) is 11.8 Å². The average molecular weight is 317 g/mol. The van der Waals surface area contributed by atoms with Crippen LogP contribution in [0.1, 0.15) is 32.1 Å². The Morgan fingerprint density at radius 3 is 2.78 bits per heavy atom. The number of methoxy groups -OCH3 is 1. The number of hydrogen-bond donors (Lipinski definition) is 0. The third-order valence-electron chi connectivity index (χ3n) is 4.41. The van der Waals surface area contributed by atoms with Crippen molar-refractivity contribution in [2.75, 3.05) is 20.2 Å². The van der Waals surface area contributed by atoms with Crippen molar-refractivity contribution < 1.29 is 14.3 Å². The van der Waals surface area contributed by atoms with Gasteiger partial charge >= 0.3 is 0 Å². The summed E-state index contributed by atoms with van der Waals surface area (Å²) in [7, 11) is 1.55. The molecule has 0 bridgehead atoms. The van der Waals surface area contributed by atoms with Crippen molar-refractivity contribution in [1.29, 1.82) is 0 Å². The van der Waals surface area contributed by atoms with Crippen molar-refractivity contribution in [1.82, 2.24) is 14.9 Å². The molecule has 0 saturated carbocycles. The molecule has 1 aromatic rings. The Morgan fingerprint density at radius 1 is 1.22 bits per heavy atom. The summed E-state index contributed by atoms with van der Waals surface area (Å²) in [6.45, 7) is 1.43. The maximum atomic E-state index is 12.7. The zero-order chi connectivity index (χ0) is 16.1. The smallest absolute Gasteiger partial charge is 0.278 e. The van der Waals surface area contributed by atoms with Gasteiger partial charge in [0.1, 0.15) is 6.10 Å². The van der Waals surface area contributed by atoms with Gasteiger partial charge in [-0.3, -0.25) is 4.79 Å². The van der Waals surface area contributed by atoms with Crippen molar-refractivity contribution in [2.45, 2.75) is 38.2 Å². The maximum absolute atomic E-state index is 12.7. The number of carbonyl (C=O) groups is 1. The van der Waals surface area contributed by atoms with Gasteiger partial charge in [-0.05, 0) is 32.1 Å². The Balaban J connectivity index is 1.61. The van der Waals surface area contributed by atoms with Gasteiger partial charge in [-0.15, -0.1) is 0 Å². The summed E-state index contributed by atoms with van der Waals surface area (Å²) in [5.74, 6) is 1.17. The average Bonchev–Trinajstić information content (AvgIpc) is 2.62. The van der Waals surface area contributed by atoms with Gasteiger partial charge in [-0.1, -0.05) is 12.2 Å². The van der Waals surface area contributed by atoms with Crippen LogP contribution >= 0.6 is 0 Å². The number of likely N-dealkylation sites (tertiary alicyclic amines) is 1. The van der Waals surface area contributed by atoms with Crippen LogP contribution in [0.15, 0.2) is 24.5 Å². The van der Waals surface area contributed by atoms with Gasteiger partial charge in [-0.25, -0.2) is 9.97 Å². The summed E-state index contributed by atoms with van der Waals surface area (Å²) < 4.78 is 11.1. The molecule has 23 heavy (non-hydrogen) atoms. The quantitative estimate of drug-likeness (QED) is 0.797. The minimum atomic E-state index is -0.0579. The van der Waals surface area contributed by atoms with E-state index in [0.717, 1.165) is 38.6 Å². The summed E-state index contributed by atoms with van der Waals surface area (Å²) >= 11 is 0. The van der Waals surface area contributed by atoms with Crippen LogP contribution in [0.25, 0.3) is 0 Å². The molecule has 0 spiro atoms. The number of ether oxygens (including phenoxy) is 2. The molecule has 1 aliphatic carbocycles. The molecule has 3 rings (SSSR count). The second kappa shape index (κ2) is 7.44.